The number of ketones is 1. The molecule has 0 saturated heterocycles. The van der Waals surface area contributed by atoms with E-state index < -0.39 is 0 Å². The molecule has 0 atom stereocenters. The van der Waals surface area contributed by atoms with Gasteiger partial charge in [0.2, 0.25) is 0 Å². The van der Waals surface area contributed by atoms with Gasteiger partial charge < -0.3 is 14.8 Å². The molecule has 1 aromatic carbocycles. The van der Waals surface area contributed by atoms with E-state index in [0.29, 0.717) is 22.1 Å². The van der Waals surface area contributed by atoms with Crippen molar-refractivity contribution in [2.24, 2.45) is 0 Å². The Hall–Kier alpha value is -1.26. The Morgan fingerprint density at radius 3 is 2.74 bits per heavy atom. The summed E-state index contributed by atoms with van der Waals surface area (Å²) in [6.07, 6.45) is 3.38. The summed E-state index contributed by atoms with van der Waals surface area (Å²) in [5.41, 5.74) is 0.477. The third-order valence-corrected chi connectivity index (χ3v) is 3.43. The van der Waals surface area contributed by atoms with Gasteiger partial charge in [-0.05, 0) is 32.4 Å². The second-order valence-corrected chi connectivity index (χ2v) is 5.05. The number of methoxy groups -OCH3 is 1. The topological polar surface area (TPSA) is 47.6 Å². The van der Waals surface area contributed by atoms with Crippen molar-refractivity contribution >= 4 is 17.4 Å². The van der Waals surface area contributed by atoms with Gasteiger partial charge in [0.15, 0.2) is 17.3 Å². The Morgan fingerprint density at radius 1 is 1.47 bits per heavy atom. The maximum absolute atomic E-state index is 12.1. The van der Waals surface area contributed by atoms with E-state index in [-0.39, 0.29) is 18.4 Å². The summed E-state index contributed by atoms with van der Waals surface area (Å²) in [4.78, 5) is 12.1. The maximum atomic E-state index is 12.1. The fourth-order valence-corrected chi connectivity index (χ4v) is 2.17. The van der Waals surface area contributed by atoms with Crippen molar-refractivity contribution < 1.29 is 14.3 Å². The molecule has 0 spiro atoms. The Kier molecular flexibility index (Phi) is 4.66. The molecule has 1 N–H and O–H groups in total. The third-order valence-electron chi connectivity index (χ3n) is 3.21. The summed E-state index contributed by atoms with van der Waals surface area (Å²) in [7, 11) is 3.28. The lowest BCUT2D eigenvalue weighted by molar-refractivity contribution is 0.0958. The van der Waals surface area contributed by atoms with Crippen molar-refractivity contribution in [3.8, 4) is 11.5 Å². The Bertz CT molecular complexity index is 472. The lowest BCUT2D eigenvalue weighted by atomic mass is 9.96. The van der Waals surface area contributed by atoms with Crippen LogP contribution in [0, 0.1) is 0 Å². The zero-order valence-electron chi connectivity index (χ0n) is 11.2. The first-order valence-corrected chi connectivity index (χ1v) is 6.75. The number of nitrogens with one attached hydrogen (secondary N) is 1. The molecule has 4 nitrogen and oxygen atoms in total. The highest BCUT2D eigenvalue weighted by Gasteiger charge is 2.25. The quantitative estimate of drug-likeness (QED) is 0.816. The number of halogens is 1. The number of carbonyl (C=O) groups is 1. The molecule has 1 aromatic rings. The molecule has 0 heterocycles. The Labute approximate surface area is 118 Å². The molecule has 19 heavy (non-hydrogen) atoms. The van der Waals surface area contributed by atoms with Gasteiger partial charge in [-0.25, -0.2) is 0 Å². The van der Waals surface area contributed by atoms with E-state index >= 15 is 0 Å². The van der Waals surface area contributed by atoms with E-state index in [2.05, 4.69) is 5.32 Å². The number of rotatable bonds is 6. The van der Waals surface area contributed by atoms with Crippen LogP contribution in [0.5, 0.6) is 11.5 Å². The number of hydrogen-bond acceptors (Lipinski definition) is 4. The number of hydrogen-bond donors (Lipinski definition) is 1. The van der Waals surface area contributed by atoms with E-state index in [1.54, 1.807) is 26.3 Å². The summed E-state index contributed by atoms with van der Waals surface area (Å²) < 4.78 is 11.2. The van der Waals surface area contributed by atoms with E-state index in [1.165, 1.54) is 6.42 Å². The largest absolute Gasteiger partial charge is 0.493 e. The molecule has 104 valence electrons. The molecule has 0 aromatic heterocycles. The first kappa shape index (κ1) is 14.2. The second kappa shape index (κ2) is 6.26. The van der Waals surface area contributed by atoms with Crippen LogP contribution in [-0.4, -0.2) is 32.6 Å². The van der Waals surface area contributed by atoms with Crippen LogP contribution in [0.2, 0.25) is 5.02 Å². The molecule has 0 bridgehead atoms. The van der Waals surface area contributed by atoms with Gasteiger partial charge in [-0.1, -0.05) is 11.6 Å². The van der Waals surface area contributed by atoms with Crippen molar-refractivity contribution in [2.45, 2.75) is 25.4 Å². The average molecular weight is 284 g/mol. The highest BCUT2D eigenvalue weighted by molar-refractivity contribution is 6.31. The SMILES string of the molecule is CNCC(=O)c1cc(Cl)cc(OC)c1OC1CCC1. The van der Waals surface area contributed by atoms with Gasteiger partial charge in [-0.3, -0.25) is 4.79 Å². The highest BCUT2D eigenvalue weighted by atomic mass is 35.5. The summed E-state index contributed by atoms with van der Waals surface area (Å²) in [6, 6.07) is 3.31. The first-order valence-electron chi connectivity index (χ1n) is 6.37. The molecular formula is C14H18ClNO3. The van der Waals surface area contributed by atoms with Crippen LogP contribution in [0.3, 0.4) is 0 Å². The normalized spacial score (nSPS) is 14.9. The van der Waals surface area contributed by atoms with Crippen molar-refractivity contribution in [3.63, 3.8) is 0 Å². The van der Waals surface area contributed by atoms with Gasteiger partial charge in [0.25, 0.3) is 0 Å². The zero-order valence-corrected chi connectivity index (χ0v) is 11.9. The molecule has 1 fully saturated rings. The monoisotopic (exact) mass is 283 g/mol. The summed E-state index contributed by atoms with van der Waals surface area (Å²) in [6.45, 7) is 0.241. The molecule has 0 unspecified atom stereocenters. The van der Waals surface area contributed by atoms with Crippen LogP contribution in [0.15, 0.2) is 12.1 Å². The van der Waals surface area contributed by atoms with Crippen LogP contribution in [0.25, 0.3) is 0 Å². The third kappa shape index (κ3) is 3.19. The Morgan fingerprint density at radius 2 is 2.21 bits per heavy atom. The molecule has 2 rings (SSSR count). The standard InChI is InChI=1S/C14H18ClNO3/c1-16-8-12(17)11-6-9(15)7-13(18-2)14(11)19-10-4-3-5-10/h6-7,10,16H,3-5,8H2,1-2H3. The van der Waals surface area contributed by atoms with Crippen LogP contribution in [-0.2, 0) is 0 Å². The van der Waals surface area contributed by atoms with Gasteiger partial charge in [0, 0.05) is 11.1 Å². The van der Waals surface area contributed by atoms with Crippen LogP contribution in [0.1, 0.15) is 29.6 Å². The zero-order chi connectivity index (χ0) is 13.8. The summed E-state index contributed by atoms with van der Waals surface area (Å²) in [5.74, 6) is 0.966. The minimum atomic E-state index is -0.0578. The lowest BCUT2D eigenvalue weighted by Gasteiger charge is -2.28. The predicted octanol–water partition coefficient (Wildman–Crippen LogP) is 2.68. The lowest BCUT2D eigenvalue weighted by Crippen LogP contribution is -2.26. The van der Waals surface area contributed by atoms with E-state index in [4.69, 9.17) is 21.1 Å². The molecule has 0 aliphatic heterocycles. The van der Waals surface area contributed by atoms with Gasteiger partial charge in [-0.15, -0.1) is 0 Å². The molecular weight excluding hydrogens is 266 g/mol. The van der Waals surface area contributed by atoms with Crippen LogP contribution in [0.4, 0.5) is 0 Å². The van der Waals surface area contributed by atoms with Gasteiger partial charge in [-0.2, -0.15) is 0 Å². The van der Waals surface area contributed by atoms with E-state index in [1.807, 2.05) is 0 Å². The van der Waals surface area contributed by atoms with Crippen molar-refractivity contribution in [2.75, 3.05) is 20.7 Å². The Balaban J connectivity index is 2.36. The van der Waals surface area contributed by atoms with Gasteiger partial charge in [0.05, 0.1) is 25.3 Å². The highest BCUT2D eigenvalue weighted by Crippen LogP contribution is 2.38. The molecule has 0 amide bonds. The predicted molar refractivity (Wildman–Crippen MR) is 74.5 cm³/mol. The molecule has 5 heteroatoms. The van der Waals surface area contributed by atoms with Crippen molar-refractivity contribution in [1.82, 2.24) is 5.32 Å². The smallest absolute Gasteiger partial charge is 0.180 e. The molecule has 1 aliphatic rings. The number of carbonyl (C=O) groups excluding carboxylic acids is 1. The van der Waals surface area contributed by atoms with Crippen LogP contribution < -0.4 is 14.8 Å². The second-order valence-electron chi connectivity index (χ2n) is 4.61. The number of likely N-dealkylation sites (N-methyl/N-ethyl adjacent to an activating group) is 1. The minimum absolute atomic E-state index is 0.0578. The fraction of sp³-hybridized carbons (Fsp3) is 0.500. The average Bonchev–Trinajstić information content (AvgIpc) is 2.34. The number of ether oxygens (including phenoxy) is 2. The van der Waals surface area contributed by atoms with Gasteiger partial charge >= 0.3 is 0 Å². The number of benzene rings is 1. The summed E-state index contributed by atoms with van der Waals surface area (Å²) >= 11 is 6.02. The summed E-state index contributed by atoms with van der Waals surface area (Å²) in [5, 5.41) is 3.31. The molecule has 1 aliphatic carbocycles. The molecule has 1 saturated carbocycles. The van der Waals surface area contributed by atoms with Crippen LogP contribution >= 0.6 is 11.6 Å². The maximum Gasteiger partial charge on any atom is 0.180 e. The fourth-order valence-electron chi connectivity index (χ4n) is 1.96. The van der Waals surface area contributed by atoms with Gasteiger partial charge in [0.1, 0.15) is 0 Å². The van der Waals surface area contributed by atoms with Crippen molar-refractivity contribution in [1.29, 1.82) is 0 Å². The van der Waals surface area contributed by atoms with E-state index in [9.17, 15) is 4.79 Å². The van der Waals surface area contributed by atoms with E-state index in [0.717, 1.165) is 12.8 Å². The minimum Gasteiger partial charge on any atom is -0.493 e. The first-order chi connectivity index (χ1) is 9.15. The number of Topliss-reactive ketones (excluding diaryl/α,β-unsaturated/α-hetero) is 1. The van der Waals surface area contributed by atoms with Crippen molar-refractivity contribution in [3.05, 3.63) is 22.7 Å². The molecule has 0 radical (unpaired) electrons.